The molecule has 0 amide bonds. The number of imidazole rings is 1. The van der Waals surface area contributed by atoms with E-state index < -0.39 is 12.4 Å². The minimum atomic E-state index is -4.91. The molecule has 0 bridgehead atoms. The van der Waals surface area contributed by atoms with Gasteiger partial charge in [-0.1, -0.05) is 12.1 Å². The predicted molar refractivity (Wildman–Crippen MR) is 44.8 cm³/mol. The Morgan fingerprint density at radius 2 is 1.93 bits per heavy atom. The molecule has 1 aromatic carbocycles. The van der Waals surface area contributed by atoms with Crippen LogP contribution in [0.3, 0.4) is 0 Å². The normalized spacial score (nSPS) is 11.4. The Hall–Kier alpha value is 0.181. The first-order valence-electron chi connectivity index (χ1n) is 3.70. The van der Waals surface area contributed by atoms with Gasteiger partial charge in [-0.25, -0.2) is 4.98 Å². The smallest absolute Gasteiger partial charge is 0.445 e. The predicted octanol–water partition coefficient (Wildman–Crippen LogP) is -1.38. The van der Waals surface area contributed by atoms with E-state index in [0.717, 1.165) is 12.1 Å². The first kappa shape index (κ1) is 12.3. The molecule has 0 unspecified atom stereocenters. The molecule has 14 heavy (non-hydrogen) atoms. The van der Waals surface area contributed by atoms with Crippen LogP contribution in [0.25, 0.3) is 11.0 Å². The second-order valence-corrected chi connectivity index (χ2v) is 2.75. The van der Waals surface area contributed by atoms with Gasteiger partial charge in [0.1, 0.15) is 0 Å². The summed E-state index contributed by atoms with van der Waals surface area (Å²) in [5, 5.41) is 0. The second kappa shape index (κ2) is 4.36. The van der Waals surface area contributed by atoms with Crippen molar-refractivity contribution >= 4 is 23.5 Å². The number of H-pyrrole nitrogens is 1. The van der Waals surface area contributed by atoms with Crippen LogP contribution in [0.15, 0.2) is 24.5 Å². The molecule has 0 spiro atoms. The van der Waals surface area contributed by atoms with Gasteiger partial charge in [0.2, 0.25) is 0 Å². The van der Waals surface area contributed by atoms with Gasteiger partial charge in [0, 0.05) is 0 Å². The summed E-state index contributed by atoms with van der Waals surface area (Å²) in [5.74, 6) is 0. The van der Waals surface area contributed by atoms with Crippen LogP contribution in [-0.4, -0.2) is 16.9 Å². The number of aromatic nitrogens is 2. The zero-order valence-corrected chi connectivity index (χ0v) is 10.6. The summed E-state index contributed by atoms with van der Waals surface area (Å²) in [4.78, 5) is 6.46. The fraction of sp³-hybridized carbons (Fsp3) is 0. The van der Waals surface area contributed by atoms with E-state index in [1.165, 1.54) is 12.4 Å². The summed E-state index contributed by atoms with van der Waals surface area (Å²) in [5.41, 5.74) is 0.359. The molecule has 0 saturated heterocycles. The number of fused-ring (bicyclic) bond motifs is 1. The van der Waals surface area contributed by atoms with E-state index in [2.05, 4.69) is 9.97 Å². The summed E-state index contributed by atoms with van der Waals surface area (Å²) < 4.78 is 36.8. The number of aromatic amines is 1. The first-order valence-corrected chi connectivity index (χ1v) is 3.70. The quantitative estimate of drug-likeness (QED) is 0.594. The van der Waals surface area contributed by atoms with Crippen LogP contribution in [0.4, 0.5) is 12.9 Å². The van der Waals surface area contributed by atoms with Gasteiger partial charge < -0.3 is 17.9 Å². The molecule has 2 rings (SSSR count). The molecule has 0 radical (unpaired) electrons. The summed E-state index contributed by atoms with van der Waals surface area (Å²) in [7, 11) is 0. The number of benzene rings is 1. The maximum absolute atomic E-state index is 12.3. The van der Waals surface area contributed by atoms with Gasteiger partial charge >= 0.3 is 58.4 Å². The van der Waals surface area contributed by atoms with E-state index in [0.29, 0.717) is 11.0 Å². The Balaban J connectivity index is 0.000000980. The summed E-state index contributed by atoms with van der Waals surface area (Å²) >= 11 is 0. The van der Waals surface area contributed by atoms with E-state index >= 15 is 0 Å². The van der Waals surface area contributed by atoms with Crippen LogP contribution < -0.4 is 56.8 Å². The van der Waals surface area contributed by atoms with E-state index in [1.54, 1.807) is 0 Å². The number of rotatable bonds is 1. The van der Waals surface area contributed by atoms with Crippen molar-refractivity contribution in [2.45, 2.75) is 0 Å². The van der Waals surface area contributed by atoms with Crippen molar-refractivity contribution in [1.82, 2.24) is 9.97 Å². The van der Waals surface area contributed by atoms with Crippen molar-refractivity contribution in [2.75, 3.05) is 0 Å². The Morgan fingerprint density at radius 3 is 2.57 bits per heavy atom. The Kier molecular flexibility index (Phi) is 3.82. The van der Waals surface area contributed by atoms with E-state index in [1.807, 2.05) is 0 Å². The molecule has 68 valence electrons. The Bertz CT molecular complexity index is 440. The summed E-state index contributed by atoms with van der Waals surface area (Å²) in [6.45, 7) is -4.91. The van der Waals surface area contributed by atoms with Gasteiger partial charge in [0.15, 0.2) is 0 Å². The number of hydrogen-bond acceptors (Lipinski definition) is 1. The molecule has 0 aliphatic heterocycles. The molecule has 7 heteroatoms. The van der Waals surface area contributed by atoms with Gasteiger partial charge in [-0.15, -0.1) is 5.46 Å². The molecule has 1 aromatic heterocycles. The minimum Gasteiger partial charge on any atom is -0.445 e. The van der Waals surface area contributed by atoms with Gasteiger partial charge in [-0.3, -0.25) is 0 Å². The molecule has 1 heterocycles. The summed E-state index contributed by atoms with van der Waals surface area (Å²) in [6.07, 6.45) is 1.37. The average Bonchev–Trinajstić information content (AvgIpc) is 2.47. The third-order valence-electron chi connectivity index (χ3n) is 1.82. The molecule has 0 fully saturated rings. The fourth-order valence-electron chi connectivity index (χ4n) is 1.16. The zero-order chi connectivity index (χ0) is 9.47. The molecular formula is C7H5BF3KN2. The van der Waals surface area contributed by atoms with Crippen LogP contribution in [0, 0.1) is 0 Å². The molecule has 0 atom stereocenters. The van der Waals surface area contributed by atoms with Crippen molar-refractivity contribution in [3.05, 3.63) is 24.5 Å². The van der Waals surface area contributed by atoms with E-state index in [9.17, 15) is 12.9 Å². The molecule has 2 aromatic rings. The van der Waals surface area contributed by atoms with Crippen molar-refractivity contribution in [1.29, 1.82) is 0 Å². The van der Waals surface area contributed by atoms with Gasteiger partial charge in [0.25, 0.3) is 0 Å². The number of nitrogens with one attached hydrogen (secondary N) is 1. The van der Waals surface area contributed by atoms with Gasteiger partial charge in [-0.2, -0.15) is 0 Å². The van der Waals surface area contributed by atoms with Crippen LogP contribution in [0.2, 0.25) is 0 Å². The van der Waals surface area contributed by atoms with Crippen LogP contribution >= 0.6 is 0 Å². The Labute approximate surface area is 121 Å². The van der Waals surface area contributed by atoms with Crippen LogP contribution in [-0.2, 0) is 0 Å². The van der Waals surface area contributed by atoms with E-state index in [4.69, 9.17) is 0 Å². The monoisotopic (exact) mass is 224 g/mol. The van der Waals surface area contributed by atoms with Crippen molar-refractivity contribution in [2.24, 2.45) is 0 Å². The van der Waals surface area contributed by atoms with Crippen molar-refractivity contribution in [3.63, 3.8) is 0 Å². The second-order valence-electron chi connectivity index (χ2n) is 2.75. The fourth-order valence-corrected chi connectivity index (χ4v) is 1.16. The molecule has 1 N–H and O–H groups in total. The number of nitrogens with zero attached hydrogens (tertiary/aromatic N) is 1. The molecular weight excluding hydrogens is 219 g/mol. The maximum Gasteiger partial charge on any atom is 1.00 e. The van der Waals surface area contributed by atoms with Crippen LogP contribution in [0.5, 0.6) is 0 Å². The molecule has 0 saturated carbocycles. The largest absolute Gasteiger partial charge is 1.00 e. The van der Waals surface area contributed by atoms with Crippen molar-refractivity contribution in [3.8, 4) is 0 Å². The van der Waals surface area contributed by atoms with E-state index in [-0.39, 0.29) is 51.4 Å². The molecule has 2 nitrogen and oxygen atoms in total. The van der Waals surface area contributed by atoms with Crippen LogP contribution in [0.1, 0.15) is 0 Å². The molecule has 0 aliphatic rings. The number of halogens is 3. The SMILES string of the molecule is F[B-](F)(F)c1ccc2nc[nH]c2c1.[K+]. The zero-order valence-electron chi connectivity index (χ0n) is 7.47. The average molecular weight is 224 g/mol. The number of hydrogen-bond donors (Lipinski definition) is 1. The minimum absolute atomic E-state index is 0. The standard InChI is InChI=1S/C7H5BF3N2.K/c9-8(10,11)5-1-2-6-7(3-5)13-4-12-6;/h1-4H,(H,12,13);/q-1;+1. The third-order valence-corrected chi connectivity index (χ3v) is 1.82. The molecule has 0 aliphatic carbocycles. The summed E-state index contributed by atoms with van der Waals surface area (Å²) in [6, 6.07) is 3.47. The van der Waals surface area contributed by atoms with Gasteiger partial charge in [0.05, 0.1) is 17.4 Å². The maximum atomic E-state index is 12.3. The Morgan fingerprint density at radius 1 is 1.21 bits per heavy atom. The van der Waals surface area contributed by atoms with Crippen molar-refractivity contribution < 1.29 is 64.3 Å². The first-order chi connectivity index (χ1) is 6.07. The van der Waals surface area contributed by atoms with Gasteiger partial charge in [-0.05, 0) is 6.07 Å². The third kappa shape index (κ3) is 2.40. The topological polar surface area (TPSA) is 28.7 Å².